The van der Waals surface area contributed by atoms with E-state index in [2.05, 4.69) is 33.8 Å². The molecule has 0 spiro atoms. The molecule has 1 aliphatic carbocycles. The quantitative estimate of drug-likeness (QED) is 0.660. The molecule has 1 aliphatic rings. The molecule has 0 saturated heterocycles. The van der Waals surface area contributed by atoms with Crippen LogP contribution in [-0.4, -0.2) is 6.61 Å². The van der Waals surface area contributed by atoms with Crippen LogP contribution in [0.2, 0.25) is 0 Å². The molecular weight excluding hydrogens is 172 g/mol. The van der Waals surface area contributed by atoms with Crippen LogP contribution < -0.4 is 0 Å². The first-order chi connectivity index (χ1) is 6.63. The lowest BCUT2D eigenvalue weighted by Gasteiger charge is -2.27. The molecule has 0 aromatic heterocycles. The number of allylic oxidation sites excluding steroid dienone is 2. The molecule has 0 aliphatic heterocycles. The summed E-state index contributed by atoms with van der Waals surface area (Å²) in [7, 11) is 0. The van der Waals surface area contributed by atoms with Crippen molar-refractivity contribution in [2.75, 3.05) is 6.61 Å². The topological polar surface area (TPSA) is 9.23 Å². The minimum absolute atomic E-state index is 0.637. The fraction of sp³-hybridized carbons (Fsp3) is 0.846. The third kappa shape index (κ3) is 3.36. The van der Waals surface area contributed by atoms with E-state index in [1.165, 1.54) is 25.0 Å². The van der Waals surface area contributed by atoms with Crippen molar-refractivity contribution in [3.8, 4) is 0 Å². The highest BCUT2D eigenvalue weighted by Gasteiger charge is 2.20. The molecule has 0 bridgehead atoms. The van der Waals surface area contributed by atoms with Crippen LogP contribution in [0.3, 0.4) is 0 Å². The van der Waals surface area contributed by atoms with Crippen molar-refractivity contribution in [1.29, 1.82) is 0 Å². The number of hydrogen-bond acceptors (Lipinski definition) is 1. The van der Waals surface area contributed by atoms with Gasteiger partial charge in [-0.2, -0.15) is 0 Å². The molecule has 1 nitrogen and oxygen atoms in total. The third-order valence-corrected chi connectivity index (χ3v) is 2.94. The van der Waals surface area contributed by atoms with E-state index < -0.39 is 0 Å². The van der Waals surface area contributed by atoms with E-state index in [-0.39, 0.29) is 0 Å². The predicted molar refractivity (Wildman–Crippen MR) is 61.1 cm³/mol. The molecule has 0 aromatic rings. The summed E-state index contributed by atoms with van der Waals surface area (Å²) in [6.45, 7) is 9.75. The van der Waals surface area contributed by atoms with E-state index in [0.29, 0.717) is 5.92 Å². The molecule has 14 heavy (non-hydrogen) atoms. The normalized spacial score (nSPS) is 27.6. The van der Waals surface area contributed by atoms with E-state index >= 15 is 0 Å². The zero-order chi connectivity index (χ0) is 10.6. The van der Waals surface area contributed by atoms with E-state index in [0.717, 1.165) is 18.4 Å². The molecule has 0 heterocycles. The molecule has 0 aromatic carbocycles. The Kier molecular flexibility index (Phi) is 4.50. The van der Waals surface area contributed by atoms with Crippen molar-refractivity contribution >= 4 is 0 Å². The highest BCUT2D eigenvalue weighted by atomic mass is 16.5. The van der Waals surface area contributed by atoms with Crippen molar-refractivity contribution in [2.45, 2.75) is 47.0 Å². The summed E-state index contributed by atoms with van der Waals surface area (Å²) in [5, 5.41) is 0. The van der Waals surface area contributed by atoms with Gasteiger partial charge < -0.3 is 4.74 Å². The maximum atomic E-state index is 5.67. The highest BCUT2D eigenvalue weighted by Crippen LogP contribution is 2.31. The number of hydrogen-bond donors (Lipinski definition) is 0. The highest BCUT2D eigenvalue weighted by molar-refractivity contribution is 5.05. The van der Waals surface area contributed by atoms with E-state index in [4.69, 9.17) is 4.74 Å². The minimum atomic E-state index is 0.637. The molecule has 0 fully saturated rings. The lowest BCUT2D eigenvalue weighted by Crippen LogP contribution is -2.15. The largest absolute Gasteiger partial charge is 0.498 e. The van der Waals surface area contributed by atoms with Gasteiger partial charge in [0, 0.05) is 5.92 Å². The predicted octanol–water partition coefficient (Wildman–Crippen LogP) is 4.00. The van der Waals surface area contributed by atoms with Gasteiger partial charge in [-0.1, -0.05) is 20.8 Å². The average Bonchev–Trinajstić information content (AvgIpc) is 2.10. The summed E-state index contributed by atoms with van der Waals surface area (Å²) in [5.41, 5.74) is 0. The second kappa shape index (κ2) is 5.43. The molecule has 0 amide bonds. The molecule has 82 valence electrons. The van der Waals surface area contributed by atoms with Gasteiger partial charge in [0.2, 0.25) is 0 Å². The van der Waals surface area contributed by atoms with Gasteiger partial charge in [-0.15, -0.1) is 0 Å². The van der Waals surface area contributed by atoms with Crippen LogP contribution in [0.4, 0.5) is 0 Å². The van der Waals surface area contributed by atoms with Gasteiger partial charge in [-0.3, -0.25) is 0 Å². The molecule has 0 unspecified atom stereocenters. The van der Waals surface area contributed by atoms with Crippen molar-refractivity contribution in [2.24, 2.45) is 17.8 Å². The number of rotatable bonds is 4. The van der Waals surface area contributed by atoms with Gasteiger partial charge in [0.15, 0.2) is 0 Å². The van der Waals surface area contributed by atoms with Gasteiger partial charge in [0.25, 0.3) is 0 Å². The van der Waals surface area contributed by atoms with Crippen LogP contribution in [-0.2, 0) is 4.74 Å². The first-order valence-electron chi connectivity index (χ1n) is 5.98. The van der Waals surface area contributed by atoms with Crippen LogP contribution in [0.25, 0.3) is 0 Å². The standard InChI is InChI=1S/C13H24O/c1-5-14-13-9-12(8-10(2)3)7-6-11(13)4/h9-12H,5-8H2,1-4H3/t11-,12-/m1/s1. The summed E-state index contributed by atoms with van der Waals surface area (Å²) in [6.07, 6.45) is 6.32. The maximum absolute atomic E-state index is 5.67. The Balaban J connectivity index is 2.55. The second-order valence-corrected chi connectivity index (χ2v) is 4.87. The Bertz CT molecular complexity index is 193. The zero-order valence-corrected chi connectivity index (χ0v) is 10.0. The minimum Gasteiger partial charge on any atom is -0.498 e. The fourth-order valence-corrected chi connectivity index (χ4v) is 2.23. The Labute approximate surface area is 88.5 Å². The fourth-order valence-electron chi connectivity index (χ4n) is 2.23. The molecular formula is C13H24O. The van der Waals surface area contributed by atoms with Crippen molar-refractivity contribution in [3.05, 3.63) is 11.8 Å². The smallest absolute Gasteiger partial charge is 0.0950 e. The van der Waals surface area contributed by atoms with Crippen LogP contribution in [0.5, 0.6) is 0 Å². The Morgan fingerprint density at radius 1 is 1.43 bits per heavy atom. The second-order valence-electron chi connectivity index (χ2n) is 4.87. The van der Waals surface area contributed by atoms with E-state index in [1.54, 1.807) is 0 Å². The lowest BCUT2D eigenvalue weighted by molar-refractivity contribution is 0.173. The first kappa shape index (κ1) is 11.6. The van der Waals surface area contributed by atoms with E-state index in [1.807, 2.05) is 0 Å². The molecule has 0 N–H and O–H groups in total. The van der Waals surface area contributed by atoms with Gasteiger partial charge in [-0.05, 0) is 44.1 Å². The third-order valence-electron chi connectivity index (χ3n) is 2.94. The monoisotopic (exact) mass is 196 g/mol. The molecule has 0 saturated carbocycles. The van der Waals surface area contributed by atoms with Crippen molar-refractivity contribution in [1.82, 2.24) is 0 Å². The summed E-state index contributed by atoms with van der Waals surface area (Å²) >= 11 is 0. The molecule has 1 rings (SSSR count). The molecule has 1 heteroatoms. The lowest BCUT2D eigenvalue weighted by atomic mass is 9.83. The van der Waals surface area contributed by atoms with Gasteiger partial charge in [0.1, 0.15) is 0 Å². The van der Waals surface area contributed by atoms with Crippen LogP contribution in [0.15, 0.2) is 11.8 Å². The Morgan fingerprint density at radius 2 is 2.14 bits per heavy atom. The van der Waals surface area contributed by atoms with Crippen molar-refractivity contribution < 1.29 is 4.74 Å². The van der Waals surface area contributed by atoms with Crippen LogP contribution in [0.1, 0.15) is 47.0 Å². The van der Waals surface area contributed by atoms with Gasteiger partial charge in [0.05, 0.1) is 12.4 Å². The van der Waals surface area contributed by atoms with E-state index in [9.17, 15) is 0 Å². The Hall–Kier alpha value is -0.460. The van der Waals surface area contributed by atoms with Crippen LogP contribution in [0, 0.1) is 17.8 Å². The zero-order valence-electron chi connectivity index (χ0n) is 10.0. The molecule has 0 radical (unpaired) electrons. The summed E-state index contributed by atoms with van der Waals surface area (Å²) in [5.74, 6) is 3.43. The average molecular weight is 196 g/mol. The first-order valence-corrected chi connectivity index (χ1v) is 5.98. The van der Waals surface area contributed by atoms with Gasteiger partial charge >= 0.3 is 0 Å². The Morgan fingerprint density at radius 3 is 2.71 bits per heavy atom. The van der Waals surface area contributed by atoms with Crippen LogP contribution >= 0.6 is 0 Å². The molecule has 2 atom stereocenters. The summed E-state index contributed by atoms with van der Waals surface area (Å²) < 4.78 is 5.67. The summed E-state index contributed by atoms with van der Waals surface area (Å²) in [6, 6.07) is 0. The van der Waals surface area contributed by atoms with Crippen molar-refractivity contribution in [3.63, 3.8) is 0 Å². The maximum Gasteiger partial charge on any atom is 0.0950 e. The van der Waals surface area contributed by atoms with Gasteiger partial charge in [-0.25, -0.2) is 0 Å². The summed E-state index contributed by atoms with van der Waals surface area (Å²) in [4.78, 5) is 0. The number of ether oxygens (including phenoxy) is 1. The SMILES string of the molecule is CCOC1=C[C@@H](CC(C)C)CC[C@H]1C.